The van der Waals surface area contributed by atoms with Crippen LogP contribution in [0, 0.1) is 0 Å². The van der Waals surface area contributed by atoms with Crippen molar-refractivity contribution < 1.29 is 26.4 Å². The van der Waals surface area contributed by atoms with E-state index >= 15 is 0 Å². The summed E-state index contributed by atoms with van der Waals surface area (Å²) < 4.78 is 67.0. The van der Waals surface area contributed by atoms with E-state index in [0.717, 1.165) is 33.5 Å². The zero-order valence-electron chi connectivity index (χ0n) is 21.7. The molecule has 218 valence electrons. The summed E-state index contributed by atoms with van der Waals surface area (Å²) in [5.74, 6) is -0.118. The number of sulfonamides is 1. The van der Waals surface area contributed by atoms with Crippen molar-refractivity contribution in [3.8, 4) is 11.3 Å². The number of benzene rings is 1. The third kappa shape index (κ3) is 6.81. The van der Waals surface area contributed by atoms with Crippen LogP contribution in [-0.4, -0.2) is 41.2 Å². The van der Waals surface area contributed by atoms with Crippen LogP contribution in [0.4, 0.5) is 19.0 Å². The van der Waals surface area contributed by atoms with Crippen LogP contribution in [0.2, 0.25) is 4.34 Å². The van der Waals surface area contributed by atoms with Crippen molar-refractivity contribution in [2.75, 3.05) is 11.9 Å². The highest BCUT2D eigenvalue weighted by molar-refractivity contribution is 7.91. The number of halogens is 4. The quantitative estimate of drug-likeness (QED) is 0.228. The predicted molar refractivity (Wildman–Crippen MR) is 154 cm³/mol. The number of hydrogen-bond donors (Lipinski definition) is 2. The smallest absolute Gasteiger partial charge is 0.364 e. The van der Waals surface area contributed by atoms with Gasteiger partial charge < -0.3 is 10.6 Å². The van der Waals surface area contributed by atoms with Gasteiger partial charge in [0.2, 0.25) is 5.91 Å². The Bertz CT molecular complexity index is 1710. The zero-order chi connectivity index (χ0) is 29.9. The number of aromatic nitrogens is 2. The van der Waals surface area contributed by atoms with Gasteiger partial charge in [-0.05, 0) is 54.1 Å². The summed E-state index contributed by atoms with van der Waals surface area (Å²) in [5.41, 5.74) is 1.40. The number of alkyl halides is 3. The van der Waals surface area contributed by atoms with Crippen molar-refractivity contribution in [2.24, 2.45) is 0 Å². The lowest BCUT2D eigenvalue weighted by atomic mass is 10.1. The first-order chi connectivity index (χ1) is 20.0. The minimum Gasteiger partial charge on any atom is -0.364 e. The third-order valence-corrected chi connectivity index (χ3v) is 9.88. The third-order valence-electron chi connectivity index (χ3n) is 6.33. The minimum absolute atomic E-state index is 0.0102. The molecule has 1 amide bonds. The van der Waals surface area contributed by atoms with Gasteiger partial charge in [-0.2, -0.15) is 17.5 Å². The molecule has 0 saturated carbocycles. The highest BCUT2D eigenvalue weighted by Crippen LogP contribution is 2.32. The van der Waals surface area contributed by atoms with Gasteiger partial charge >= 0.3 is 6.18 Å². The Labute approximate surface area is 248 Å². The normalized spacial score (nSPS) is 15.6. The van der Waals surface area contributed by atoms with Gasteiger partial charge in [-0.15, -0.1) is 11.3 Å². The van der Waals surface area contributed by atoms with E-state index in [1.807, 2.05) is 12.1 Å². The lowest BCUT2D eigenvalue weighted by Crippen LogP contribution is -2.45. The summed E-state index contributed by atoms with van der Waals surface area (Å²) in [6.07, 6.45) is 0.297. The molecule has 1 aliphatic rings. The fourth-order valence-electron chi connectivity index (χ4n) is 4.26. The summed E-state index contributed by atoms with van der Waals surface area (Å²) in [5, 5.41) is 5.94. The molecular weight excluding hydrogens is 611 g/mol. The van der Waals surface area contributed by atoms with Crippen molar-refractivity contribution in [1.29, 1.82) is 0 Å². The average molecular weight is 634 g/mol. The first-order valence-corrected chi connectivity index (χ1v) is 15.2. The lowest BCUT2D eigenvalue weighted by molar-refractivity contribution is -0.137. The van der Waals surface area contributed by atoms with Crippen LogP contribution >= 0.6 is 22.9 Å². The first kappa shape index (κ1) is 29.7. The summed E-state index contributed by atoms with van der Waals surface area (Å²) in [6, 6.07) is 15.2. The fourth-order valence-corrected chi connectivity index (χ4v) is 7.37. The van der Waals surface area contributed by atoms with Gasteiger partial charge in [0.1, 0.15) is 16.1 Å². The molecule has 0 fully saturated rings. The zero-order valence-corrected chi connectivity index (χ0v) is 24.1. The molecule has 14 heteroatoms. The van der Waals surface area contributed by atoms with Gasteiger partial charge in [0.25, 0.3) is 10.0 Å². The molecule has 3 aromatic heterocycles. The first-order valence-electron chi connectivity index (χ1n) is 12.5. The van der Waals surface area contributed by atoms with Gasteiger partial charge in [-0.25, -0.2) is 13.4 Å². The van der Waals surface area contributed by atoms with E-state index in [4.69, 9.17) is 11.6 Å². The van der Waals surface area contributed by atoms with Crippen LogP contribution in [-0.2, 0) is 34.1 Å². The van der Waals surface area contributed by atoms with E-state index in [2.05, 4.69) is 20.6 Å². The number of pyridine rings is 2. The van der Waals surface area contributed by atoms with Crippen LogP contribution in [0.5, 0.6) is 0 Å². The molecule has 0 aliphatic carbocycles. The topological polar surface area (TPSA) is 104 Å². The fraction of sp³-hybridized carbons (Fsp3) is 0.179. The van der Waals surface area contributed by atoms with Crippen LogP contribution in [0.25, 0.3) is 11.3 Å². The number of carbonyl (C=O) groups is 1. The second kappa shape index (κ2) is 12.2. The number of rotatable bonds is 9. The lowest BCUT2D eigenvalue weighted by Gasteiger charge is -2.22. The molecule has 42 heavy (non-hydrogen) atoms. The van der Waals surface area contributed by atoms with Gasteiger partial charge in [0.05, 0.1) is 27.8 Å². The molecule has 0 spiro atoms. The predicted octanol–water partition coefficient (Wildman–Crippen LogP) is 5.73. The molecule has 0 bridgehead atoms. The van der Waals surface area contributed by atoms with E-state index in [1.54, 1.807) is 30.5 Å². The molecule has 0 radical (unpaired) electrons. The standard InChI is InChI=1S/C28H23ClF3N5O3S2/c29-24-10-11-26(41-24)42(39,40)37-13-3-5-23(37)27(38)35-16-18-14-22(19-6-8-20(9-7-19)28(30,31)32)36-25(15-18)34-17-21-4-1-2-12-33-21/h1-12,14-15,23H,13,16-17H2,(H,34,36)(H,35,38). The number of amides is 1. The Kier molecular flexibility index (Phi) is 8.64. The van der Waals surface area contributed by atoms with E-state index in [0.29, 0.717) is 33.5 Å². The molecule has 1 aromatic carbocycles. The van der Waals surface area contributed by atoms with Crippen molar-refractivity contribution in [3.05, 3.63) is 106 Å². The van der Waals surface area contributed by atoms with Crippen LogP contribution in [0.15, 0.2) is 89.3 Å². The molecule has 2 N–H and O–H groups in total. The monoisotopic (exact) mass is 633 g/mol. The molecule has 4 aromatic rings. The number of thiophene rings is 1. The van der Waals surface area contributed by atoms with Gasteiger partial charge in [0.15, 0.2) is 0 Å². The Balaban J connectivity index is 1.36. The highest BCUT2D eigenvalue weighted by Gasteiger charge is 2.37. The van der Waals surface area contributed by atoms with Crippen molar-refractivity contribution in [1.82, 2.24) is 19.6 Å². The Morgan fingerprint density at radius 2 is 1.86 bits per heavy atom. The van der Waals surface area contributed by atoms with E-state index in [9.17, 15) is 26.4 Å². The van der Waals surface area contributed by atoms with E-state index in [-0.39, 0.29) is 17.3 Å². The Morgan fingerprint density at radius 3 is 2.52 bits per heavy atom. The van der Waals surface area contributed by atoms with Crippen LogP contribution in [0.3, 0.4) is 0 Å². The van der Waals surface area contributed by atoms with E-state index in [1.165, 1.54) is 30.3 Å². The highest BCUT2D eigenvalue weighted by atomic mass is 35.5. The van der Waals surface area contributed by atoms with Crippen molar-refractivity contribution in [3.63, 3.8) is 0 Å². The van der Waals surface area contributed by atoms with Gasteiger partial charge in [-0.1, -0.05) is 42.0 Å². The molecule has 4 heterocycles. The van der Waals surface area contributed by atoms with Gasteiger partial charge in [0, 0.05) is 24.8 Å². The van der Waals surface area contributed by atoms with Crippen LogP contribution in [0.1, 0.15) is 16.8 Å². The summed E-state index contributed by atoms with van der Waals surface area (Å²) >= 11 is 6.83. The average Bonchev–Trinajstić information content (AvgIpc) is 3.65. The van der Waals surface area contributed by atoms with Crippen molar-refractivity contribution >= 4 is 44.7 Å². The molecule has 0 saturated heterocycles. The second-order valence-electron chi connectivity index (χ2n) is 9.22. The maximum absolute atomic E-state index is 13.2. The molecular formula is C28H23ClF3N5O3S2. The summed E-state index contributed by atoms with van der Waals surface area (Å²) in [7, 11) is -3.95. The molecule has 5 rings (SSSR count). The van der Waals surface area contributed by atoms with E-state index < -0.39 is 33.7 Å². The number of nitrogens with one attached hydrogen (secondary N) is 2. The van der Waals surface area contributed by atoms with Crippen LogP contribution < -0.4 is 10.6 Å². The summed E-state index contributed by atoms with van der Waals surface area (Å²) in [6.45, 7) is 0.379. The summed E-state index contributed by atoms with van der Waals surface area (Å²) in [4.78, 5) is 22.0. The molecule has 1 aliphatic heterocycles. The number of anilines is 1. The maximum atomic E-state index is 13.2. The minimum atomic E-state index is -4.47. The number of carbonyl (C=O) groups excluding carboxylic acids is 1. The molecule has 1 atom stereocenters. The molecule has 8 nitrogen and oxygen atoms in total. The number of hydrogen-bond acceptors (Lipinski definition) is 7. The SMILES string of the molecule is O=C(NCc1cc(NCc2ccccn2)nc(-c2ccc(C(F)(F)F)cc2)c1)C1C=CCN1S(=O)(=O)c1ccc(Cl)s1. The largest absolute Gasteiger partial charge is 0.416 e. The van der Waals surface area contributed by atoms with Crippen molar-refractivity contribution in [2.45, 2.75) is 29.5 Å². The second-order valence-corrected chi connectivity index (χ2v) is 13.1. The Hall–Kier alpha value is -3.78. The van der Waals surface area contributed by atoms with Gasteiger partial charge in [-0.3, -0.25) is 9.78 Å². The molecule has 1 unspecified atom stereocenters. The Morgan fingerprint density at radius 1 is 1.07 bits per heavy atom. The maximum Gasteiger partial charge on any atom is 0.416 e. The number of nitrogens with zero attached hydrogens (tertiary/aromatic N) is 3.